The Morgan fingerprint density at radius 2 is 1.80 bits per heavy atom. The summed E-state index contributed by atoms with van der Waals surface area (Å²) in [6.45, 7) is 6.06. The first-order valence-electron chi connectivity index (χ1n) is 4.55. The van der Waals surface area contributed by atoms with Crippen LogP contribution in [0.4, 0.5) is 0 Å². The molecule has 0 aliphatic carbocycles. The van der Waals surface area contributed by atoms with Crippen molar-refractivity contribution < 1.29 is 0 Å². The van der Waals surface area contributed by atoms with Crippen LogP contribution in [0.25, 0.3) is 0 Å². The third-order valence-corrected chi connectivity index (χ3v) is 5.94. The Hall–Kier alpha value is 1.76. The van der Waals surface area contributed by atoms with Crippen LogP contribution in [0.5, 0.6) is 0 Å². The van der Waals surface area contributed by atoms with Gasteiger partial charge in [-0.25, -0.2) is 0 Å². The Morgan fingerprint density at radius 1 is 1.33 bits per heavy atom. The summed E-state index contributed by atoms with van der Waals surface area (Å²) in [6, 6.07) is 0. The lowest BCUT2D eigenvalue weighted by molar-refractivity contribution is 0.575. The fourth-order valence-electron chi connectivity index (χ4n) is 0.920. The summed E-state index contributed by atoms with van der Waals surface area (Å²) in [5.74, 6) is 0. The quantitative estimate of drug-likeness (QED) is 0.467. The van der Waals surface area contributed by atoms with Crippen molar-refractivity contribution in [2.45, 2.75) is 46.6 Å². The van der Waals surface area contributed by atoms with Crippen molar-refractivity contribution >= 4 is 71.0 Å². The van der Waals surface area contributed by atoms with Crippen molar-refractivity contribution in [3.8, 4) is 0 Å². The van der Waals surface area contributed by atoms with Gasteiger partial charge in [-0.15, -0.1) is 23.2 Å². The standard InChI is InChI=1S/C10H15Br3Cl2/c1-9(2,13)8(14)6-7(12)10(3,15)4-5-11/h4-5,7-8H,6H2,1-3H3/b5-4+/t7-,8-,10+/m0/s1. The number of hydrogen-bond donors (Lipinski definition) is 0. The Kier molecular flexibility index (Phi) is 7.41. The minimum absolute atomic E-state index is 0.0173. The minimum Gasteiger partial charge on any atom is -0.121 e. The van der Waals surface area contributed by atoms with Crippen LogP contribution in [-0.4, -0.2) is 19.4 Å². The van der Waals surface area contributed by atoms with Crippen molar-refractivity contribution in [3.63, 3.8) is 0 Å². The number of hydrogen-bond acceptors (Lipinski definition) is 0. The highest BCUT2D eigenvalue weighted by molar-refractivity contribution is 9.11. The number of alkyl halides is 4. The second-order valence-electron chi connectivity index (χ2n) is 4.18. The van der Waals surface area contributed by atoms with E-state index >= 15 is 0 Å². The lowest BCUT2D eigenvalue weighted by atomic mass is 9.98. The molecule has 0 saturated carbocycles. The molecular formula is C10H15Br3Cl2. The monoisotopic (exact) mass is 442 g/mol. The predicted molar refractivity (Wildman–Crippen MR) is 82.3 cm³/mol. The van der Waals surface area contributed by atoms with Gasteiger partial charge < -0.3 is 0 Å². The Balaban J connectivity index is 4.43. The maximum atomic E-state index is 6.34. The van der Waals surface area contributed by atoms with E-state index in [0.717, 1.165) is 6.42 Å². The molecule has 0 aliphatic heterocycles. The summed E-state index contributed by atoms with van der Waals surface area (Å²) in [5.41, 5.74) is 0. The summed E-state index contributed by atoms with van der Waals surface area (Å²) >= 11 is 23.0. The van der Waals surface area contributed by atoms with Crippen molar-refractivity contribution in [1.82, 2.24) is 0 Å². The summed E-state index contributed by atoms with van der Waals surface area (Å²) in [7, 11) is 0. The number of halogens is 5. The largest absolute Gasteiger partial charge is 0.121 e. The predicted octanol–water partition coefficient (Wildman–Crippen LogP) is 5.83. The molecule has 15 heavy (non-hydrogen) atoms. The zero-order valence-corrected chi connectivity index (χ0v) is 15.2. The first-order valence-corrected chi connectivity index (χ1v) is 7.99. The van der Waals surface area contributed by atoms with Gasteiger partial charge in [0.1, 0.15) is 0 Å². The summed E-state index contributed by atoms with van der Waals surface area (Å²) in [4.78, 5) is 1.46. The maximum absolute atomic E-state index is 6.34. The zero-order chi connectivity index (χ0) is 12.3. The Morgan fingerprint density at radius 3 is 2.13 bits per heavy atom. The van der Waals surface area contributed by atoms with Gasteiger partial charge in [0.05, 0.1) is 4.87 Å². The van der Waals surface area contributed by atoms with Crippen LogP contribution in [0.1, 0.15) is 27.2 Å². The average molecular weight is 446 g/mol. The molecule has 0 saturated heterocycles. The molecule has 3 atom stereocenters. The maximum Gasteiger partial charge on any atom is 0.0731 e. The smallest absolute Gasteiger partial charge is 0.0731 e. The van der Waals surface area contributed by atoms with Crippen LogP contribution < -0.4 is 0 Å². The lowest BCUT2D eigenvalue weighted by Crippen LogP contribution is -2.34. The number of rotatable bonds is 5. The highest BCUT2D eigenvalue weighted by atomic mass is 79.9. The van der Waals surface area contributed by atoms with Gasteiger partial charge in [0.25, 0.3) is 0 Å². The molecule has 0 aromatic heterocycles. The molecule has 0 rings (SSSR count). The van der Waals surface area contributed by atoms with E-state index in [2.05, 4.69) is 61.6 Å². The Bertz CT molecular complexity index is 221. The van der Waals surface area contributed by atoms with Gasteiger partial charge in [-0.3, -0.25) is 0 Å². The summed E-state index contributed by atoms with van der Waals surface area (Å²) in [6.07, 6.45) is 2.69. The SMILES string of the molecule is CC(C)(Br)[C@@H](Cl)C[C@H](Br)[C@](C)(Cl)/C=C/Br. The molecule has 0 aromatic rings. The fourth-order valence-corrected chi connectivity index (χ4v) is 2.88. The van der Waals surface area contributed by atoms with E-state index in [4.69, 9.17) is 23.2 Å². The second kappa shape index (κ2) is 6.63. The van der Waals surface area contributed by atoms with E-state index in [1.54, 1.807) is 4.99 Å². The molecule has 0 amide bonds. The molecule has 5 heteroatoms. The molecule has 0 aliphatic rings. The molecule has 0 heterocycles. The van der Waals surface area contributed by atoms with Gasteiger partial charge >= 0.3 is 0 Å². The molecule has 0 radical (unpaired) electrons. The van der Waals surface area contributed by atoms with Gasteiger partial charge in [-0.2, -0.15) is 0 Å². The van der Waals surface area contributed by atoms with Crippen molar-refractivity contribution in [2.75, 3.05) is 0 Å². The van der Waals surface area contributed by atoms with Gasteiger partial charge in [-0.05, 0) is 32.2 Å². The summed E-state index contributed by atoms with van der Waals surface area (Å²) < 4.78 is -0.0916. The molecule has 0 N–H and O–H groups in total. The van der Waals surface area contributed by atoms with Crippen LogP contribution in [0.15, 0.2) is 11.1 Å². The van der Waals surface area contributed by atoms with Crippen molar-refractivity contribution in [1.29, 1.82) is 0 Å². The first kappa shape index (κ1) is 16.8. The average Bonchev–Trinajstić information content (AvgIpc) is 2.01. The van der Waals surface area contributed by atoms with Crippen LogP contribution in [-0.2, 0) is 0 Å². The van der Waals surface area contributed by atoms with Gasteiger partial charge in [0.2, 0.25) is 0 Å². The lowest BCUT2D eigenvalue weighted by Gasteiger charge is -2.30. The second-order valence-corrected chi connectivity index (χ2v) is 9.20. The van der Waals surface area contributed by atoms with Crippen molar-refractivity contribution in [3.05, 3.63) is 11.1 Å². The molecule has 0 spiro atoms. The van der Waals surface area contributed by atoms with E-state index in [1.807, 2.05) is 13.0 Å². The van der Waals surface area contributed by atoms with Crippen LogP contribution >= 0.6 is 71.0 Å². The number of allylic oxidation sites excluding steroid dienone is 1. The molecule has 0 nitrogen and oxygen atoms in total. The molecule has 0 aromatic carbocycles. The zero-order valence-electron chi connectivity index (χ0n) is 8.91. The van der Waals surface area contributed by atoms with E-state index in [0.29, 0.717) is 0 Å². The van der Waals surface area contributed by atoms with Gasteiger partial charge in [0, 0.05) is 14.5 Å². The molecular weight excluding hydrogens is 431 g/mol. The van der Waals surface area contributed by atoms with Crippen LogP contribution in [0.2, 0.25) is 0 Å². The van der Waals surface area contributed by atoms with Crippen LogP contribution in [0, 0.1) is 0 Å². The fraction of sp³-hybridized carbons (Fsp3) is 0.800. The molecule has 0 fully saturated rings. The van der Waals surface area contributed by atoms with E-state index < -0.39 is 4.87 Å². The van der Waals surface area contributed by atoms with Gasteiger partial charge in [-0.1, -0.05) is 53.9 Å². The van der Waals surface area contributed by atoms with Crippen molar-refractivity contribution in [2.24, 2.45) is 0 Å². The van der Waals surface area contributed by atoms with E-state index in [1.165, 1.54) is 0 Å². The Labute approximate surface area is 128 Å². The van der Waals surface area contributed by atoms with E-state index in [9.17, 15) is 0 Å². The molecule has 0 bridgehead atoms. The highest BCUT2D eigenvalue weighted by Crippen LogP contribution is 2.36. The molecule has 0 unspecified atom stereocenters. The minimum atomic E-state index is -0.436. The normalized spacial score (nSPS) is 21.3. The van der Waals surface area contributed by atoms with Crippen LogP contribution in [0.3, 0.4) is 0 Å². The topological polar surface area (TPSA) is 0 Å². The summed E-state index contributed by atoms with van der Waals surface area (Å²) in [5, 5.41) is 0.0173. The third-order valence-electron chi connectivity index (χ3n) is 2.16. The first-order chi connectivity index (χ1) is 6.61. The van der Waals surface area contributed by atoms with E-state index in [-0.39, 0.29) is 14.5 Å². The molecule has 90 valence electrons. The highest BCUT2D eigenvalue weighted by Gasteiger charge is 2.33. The third kappa shape index (κ3) is 6.30. The van der Waals surface area contributed by atoms with Gasteiger partial charge in [0.15, 0.2) is 0 Å².